The molecule has 2 unspecified atom stereocenters. The lowest BCUT2D eigenvalue weighted by atomic mass is 9.85. The van der Waals surface area contributed by atoms with Crippen LogP contribution in [0.3, 0.4) is 0 Å². The number of nitrogens with two attached hydrogens (primary N) is 2. The maximum absolute atomic E-state index is 13.2. The molecule has 0 saturated heterocycles. The molecular weight excluding hydrogens is 506 g/mol. The molecule has 6 atom stereocenters. The number of methoxy groups -OCH3 is 2. The average Bonchev–Trinajstić information content (AvgIpc) is 2.88. The average molecular weight is 546 g/mol. The molecule has 2 aliphatic rings. The first-order valence-electron chi connectivity index (χ1n) is 12.6. The van der Waals surface area contributed by atoms with Crippen LogP contribution in [0.15, 0.2) is 58.5 Å². The summed E-state index contributed by atoms with van der Waals surface area (Å²) in [4.78, 5) is 50.1. The minimum Gasteiger partial charge on any atom is -0.439 e. The second kappa shape index (κ2) is 14.0. The maximum Gasteiger partial charge on any atom is 0.405 e. The number of aliphatic hydroxyl groups excluding tert-OH is 1. The quantitative estimate of drug-likeness (QED) is 0.303. The van der Waals surface area contributed by atoms with Gasteiger partial charge in [0.15, 0.2) is 6.10 Å². The van der Waals surface area contributed by atoms with E-state index < -0.39 is 53.9 Å². The van der Waals surface area contributed by atoms with Crippen molar-refractivity contribution in [3.63, 3.8) is 0 Å². The smallest absolute Gasteiger partial charge is 0.405 e. The van der Waals surface area contributed by atoms with E-state index in [1.165, 1.54) is 33.3 Å². The number of carbonyl (C=O) groups excluding carboxylic acids is 4. The minimum atomic E-state index is -1.00. The van der Waals surface area contributed by atoms with Crippen LogP contribution in [0.5, 0.6) is 0 Å². The van der Waals surface area contributed by atoms with Gasteiger partial charge in [0.1, 0.15) is 6.10 Å². The molecule has 214 valence electrons. The molecule has 1 aliphatic carbocycles. The summed E-state index contributed by atoms with van der Waals surface area (Å²) >= 11 is 0. The van der Waals surface area contributed by atoms with Crippen LogP contribution < -0.4 is 16.8 Å². The first-order valence-corrected chi connectivity index (χ1v) is 12.6. The van der Waals surface area contributed by atoms with Crippen LogP contribution in [0.4, 0.5) is 4.79 Å². The summed E-state index contributed by atoms with van der Waals surface area (Å²) in [6, 6.07) is 0. The number of ether oxygens (including phenoxy) is 3. The molecule has 0 aromatic heterocycles. The third-order valence-electron chi connectivity index (χ3n) is 6.84. The molecule has 11 heteroatoms. The lowest BCUT2D eigenvalue weighted by Gasteiger charge is -2.29. The number of hydrogen-bond donors (Lipinski definition) is 4. The van der Waals surface area contributed by atoms with Crippen LogP contribution in [-0.4, -0.2) is 67.3 Å². The first kappa shape index (κ1) is 31.7. The largest absolute Gasteiger partial charge is 0.439 e. The minimum absolute atomic E-state index is 0.104. The molecule has 0 fully saturated rings. The van der Waals surface area contributed by atoms with Gasteiger partial charge in [-0.2, -0.15) is 0 Å². The van der Waals surface area contributed by atoms with Crippen molar-refractivity contribution < 1.29 is 38.5 Å². The van der Waals surface area contributed by atoms with E-state index in [0.717, 1.165) is 6.08 Å². The fourth-order valence-electron chi connectivity index (χ4n) is 4.61. The van der Waals surface area contributed by atoms with Gasteiger partial charge in [0, 0.05) is 37.4 Å². The third-order valence-corrected chi connectivity index (χ3v) is 6.84. The highest BCUT2D eigenvalue weighted by Gasteiger charge is 2.32. The standard InChI is InChI=1S/C28H39N3O8/c1-14-10-18-23(29)20(32)13-19(25(18)34)31-27(35)15(2)8-7-9-21(37-5)26(39-28(30)36)17(4)12-16(3)24(33)22(11-14)38-6/h7-9,12-14,16,21-22,24,26,33H,10-11,29H2,1-6H3,(H2,30,36)(H,31,35)/b9-7+,15-8+,17-12+/t14-,16+,21?,22?,24-,26+/m1/s1. The van der Waals surface area contributed by atoms with Crippen LogP contribution in [0.2, 0.25) is 0 Å². The van der Waals surface area contributed by atoms with Crippen molar-refractivity contribution in [3.05, 3.63) is 58.5 Å². The molecule has 2 amide bonds. The molecule has 0 aromatic rings. The fourth-order valence-corrected chi connectivity index (χ4v) is 4.61. The van der Waals surface area contributed by atoms with Gasteiger partial charge < -0.3 is 36.1 Å². The Hall–Kier alpha value is -3.54. The molecular formula is C28H39N3O8. The number of amides is 2. The summed E-state index contributed by atoms with van der Waals surface area (Å²) in [5, 5.41) is 13.6. The molecule has 39 heavy (non-hydrogen) atoms. The number of fused-ring (bicyclic) bond motifs is 2. The summed E-state index contributed by atoms with van der Waals surface area (Å²) in [6.07, 6.45) is 3.55. The Morgan fingerprint density at radius 1 is 1.13 bits per heavy atom. The molecule has 1 aliphatic heterocycles. The highest BCUT2D eigenvalue weighted by Crippen LogP contribution is 2.28. The topological polar surface area (TPSA) is 180 Å². The highest BCUT2D eigenvalue weighted by atomic mass is 16.6. The van der Waals surface area contributed by atoms with Crippen molar-refractivity contribution in [1.82, 2.24) is 5.32 Å². The molecule has 0 radical (unpaired) electrons. The number of rotatable bonds is 3. The molecule has 0 saturated carbocycles. The number of carbonyl (C=O) groups is 4. The van der Waals surface area contributed by atoms with Gasteiger partial charge in [-0.15, -0.1) is 0 Å². The molecule has 0 spiro atoms. The van der Waals surface area contributed by atoms with Crippen molar-refractivity contribution in [2.45, 2.75) is 65.0 Å². The Labute approximate surface area is 228 Å². The number of ketones is 2. The zero-order chi connectivity index (χ0) is 29.4. The number of primary amides is 1. The maximum atomic E-state index is 13.2. The van der Waals surface area contributed by atoms with Crippen LogP contribution >= 0.6 is 0 Å². The fraction of sp³-hybridized carbons (Fsp3) is 0.500. The van der Waals surface area contributed by atoms with E-state index in [9.17, 15) is 24.3 Å². The number of Topliss-reactive ketones (excluding diaryl/α,β-unsaturated/α-hetero) is 1. The van der Waals surface area contributed by atoms with E-state index >= 15 is 0 Å². The predicted octanol–water partition coefficient (Wildman–Crippen LogP) is 1.72. The van der Waals surface area contributed by atoms with Gasteiger partial charge in [0.25, 0.3) is 5.91 Å². The van der Waals surface area contributed by atoms with Crippen LogP contribution in [0, 0.1) is 11.8 Å². The number of hydrogen-bond acceptors (Lipinski definition) is 9. The van der Waals surface area contributed by atoms with Gasteiger partial charge >= 0.3 is 6.09 Å². The normalized spacial score (nSPS) is 33.3. The molecule has 2 bridgehead atoms. The third kappa shape index (κ3) is 8.22. The zero-order valence-electron chi connectivity index (χ0n) is 23.2. The second-order valence-electron chi connectivity index (χ2n) is 9.97. The highest BCUT2D eigenvalue weighted by molar-refractivity contribution is 6.23. The number of nitrogens with one attached hydrogen (secondary N) is 1. The van der Waals surface area contributed by atoms with E-state index in [1.807, 2.05) is 6.92 Å². The molecule has 6 N–H and O–H groups in total. The summed E-state index contributed by atoms with van der Waals surface area (Å²) < 4.78 is 16.4. The SMILES string of the molecule is COC1/C=C/C=C(\C)C(=O)NC2=CC(=O)C(N)=C(C[C@@H](C)CC(OC)[C@H](O)[C@@H](C)/C=C(\C)[C@@H]1OC(N)=O)C2=O. The van der Waals surface area contributed by atoms with Gasteiger partial charge in [0.2, 0.25) is 11.6 Å². The van der Waals surface area contributed by atoms with E-state index in [1.54, 1.807) is 26.0 Å². The van der Waals surface area contributed by atoms with Gasteiger partial charge in [-0.25, -0.2) is 4.79 Å². The Bertz CT molecular complexity index is 1130. The zero-order valence-corrected chi connectivity index (χ0v) is 23.2. The number of aliphatic hydroxyl groups is 1. The van der Waals surface area contributed by atoms with Gasteiger partial charge in [-0.3, -0.25) is 14.4 Å². The van der Waals surface area contributed by atoms with Crippen LogP contribution in [-0.2, 0) is 28.6 Å². The van der Waals surface area contributed by atoms with Crippen molar-refractivity contribution in [3.8, 4) is 0 Å². The van der Waals surface area contributed by atoms with E-state index in [2.05, 4.69) is 5.32 Å². The molecule has 1 heterocycles. The summed E-state index contributed by atoms with van der Waals surface area (Å²) in [5.41, 5.74) is 11.9. The monoisotopic (exact) mass is 545 g/mol. The second-order valence-corrected chi connectivity index (χ2v) is 9.97. The Kier molecular flexibility index (Phi) is 11.4. The summed E-state index contributed by atoms with van der Waals surface area (Å²) in [5.74, 6) is -2.37. The van der Waals surface area contributed by atoms with Crippen LogP contribution in [0.25, 0.3) is 0 Å². The van der Waals surface area contributed by atoms with Crippen molar-refractivity contribution in [2.75, 3.05) is 14.2 Å². The van der Waals surface area contributed by atoms with Crippen molar-refractivity contribution in [1.29, 1.82) is 0 Å². The van der Waals surface area contributed by atoms with Gasteiger partial charge in [0.05, 0.1) is 23.6 Å². The summed E-state index contributed by atoms with van der Waals surface area (Å²) in [6.45, 7) is 6.89. The number of allylic oxidation sites excluding steroid dienone is 4. The Balaban J connectivity index is 2.58. The lowest BCUT2D eigenvalue weighted by Crippen LogP contribution is -2.37. The van der Waals surface area contributed by atoms with Crippen LogP contribution in [0.1, 0.15) is 40.5 Å². The van der Waals surface area contributed by atoms with Gasteiger partial charge in [-0.05, 0) is 38.2 Å². The van der Waals surface area contributed by atoms with E-state index in [0.29, 0.717) is 12.0 Å². The molecule has 11 nitrogen and oxygen atoms in total. The van der Waals surface area contributed by atoms with Crippen molar-refractivity contribution in [2.24, 2.45) is 23.3 Å². The van der Waals surface area contributed by atoms with Gasteiger partial charge in [-0.1, -0.05) is 38.2 Å². The summed E-state index contributed by atoms with van der Waals surface area (Å²) in [7, 11) is 2.90. The Morgan fingerprint density at radius 2 is 1.79 bits per heavy atom. The predicted molar refractivity (Wildman–Crippen MR) is 144 cm³/mol. The first-order chi connectivity index (χ1) is 18.3. The Morgan fingerprint density at radius 3 is 2.38 bits per heavy atom. The molecule has 0 aromatic carbocycles. The molecule has 2 rings (SSSR count). The van der Waals surface area contributed by atoms with E-state index in [4.69, 9.17) is 25.7 Å². The lowest BCUT2D eigenvalue weighted by molar-refractivity contribution is -0.120. The van der Waals surface area contributed by atoms with E-state index in [-0.39, 0.29) is 34.9 Å². The van der Waals surface area contributed by atoms with Crippen molar-refractivity contribution >= 4 is 23.6 Å².